The van der Waals surface area contributed by atoms with Crippen molar-refractivity contribution in [1.29, 1.82) is 0 Å². The molecule has 0 saturated carbocycles. The lowest BCUT2D eigenvalue weighted by Crippen LogP contribution is -2.32. The number of ether oxygens (including phenoxy) is 1. The van der Waals surface area contributed by atoms with E-state index in [0.29, 0.717) is 17.7 Å². The molecule has 1 aliphatic rings. The van der Waals surface area contributed by atoms with Crippen molar-refractivity contribution in [2.24, 2.45) is 0 Å². The van der Waals surface area contributed by atoms with E-state index in [2.05, 4.69) is 15.5 Å². The molecule has 0 spiro atoms. The van der Waals surface area contributed by atoms with Gasteiger partial charge in [-0.2, -0.15) is 0 Å². The Morgan fingerprint density at radius 1 is 1.52 bits per heavy atom. The molecule has 6 nitrogen and oxygen atoms in total. The second kappa shape index (κ2) is 7.06. The monoisotopic (exact) mass is 325 g/mol. The van der Waals surface area contributed by atoms with Gasteiger partial charge in [0.05, 0.1) is 16.7 Å². The quantitative estimate of drug-likeness (QED) is 0.820. The Morgan fingerprint density at radius 2 is 2.48 bits per heavy atom. The second-order valence-corrected chi connectivity index (χ2v) is 6.45. The zero-order valence-corrected chi connectivity index (χ0v) is 12.9. The Balaban J connectivity index is 1.43. The highest BCUT2D eigenvalue weighted by molar-refractivity contribution is 7.99. The van der Waals surface area contributed by atoms with Crippen LogP contribution in [0, 0.1) is 0 Å². The number of thiophene rings is 1. The number of amides is 1. The minimum atomic E-state index is -0.0497. The van der Waals surface area contributed by atoms with Crippen molar-refractivity contribution in [3.63, 3.8) is 0 Å². The van der Waals surface area contributed by atoms with Gasteiger partial charge in [0.1, 0.15) is 0 Å². The predicted molar refractivity (Wildman–Crippen MR) is 80.3 cm³/mol. The number of aromatic nitrogens is 2. The third-order valence-corrected chi connectivity index (χ3v) is 4.69. The van der Waals surface area contributed by atoms with Gasteiger partial charge in [0, 0.05) is 13.2 Å². The Morgan fingerprint density at radius 3 is 3.24 bits per heavy atom. The Hall–Kier alpha value is -1.38. The maximum absolute atomic E-state index is 11.7. The standard InChI is InChI=1S/C13H15N3O3S2/c17-11(14-7-9-3-1-5-18-9)8-21-13-16-15-12(19-13)10-4-2-6-20-10/h2,4,6,9H,1,3,5,7-8H2,(H,14,17). The average Bonchev–Trinajstić information content (AvgIpc) is 3.24. The number of nitrogens with zero attached hydrogens (tertiary/aromatic N) is 2. The van der Waals surface area contributed by atoms with E-state index in [9.17, 15) is 4.79 Å². The molecule has 1 amide bonds. The van der Waals surface area contributed by atoms with E-state index in [1.165, 1.54) is 23.1 Å². The Labute approximate surface area is 130 Å². The van der Waals surface area contributed by atoms with E-state index in [-0.39, 0.29) is 17.8 Å². The zero-order chi connectivity index (χ0) is 14.5. The first-order valence-corrected chi connectivity index (χ1v) is 8.56. The van der Waals surface area contributed by atoms with Crippen molar-refractivity contribution in [1.82, 2.24) is 15.5 Å². The second-order valence-electron chi connectivity index (χ2n) is 4.58. The first kappa shape index (κ1) is 14.6. The topological polar surface area (TPSA) is 77.2 Å². The fraction of sp³-hybridized carbons (Fsp3) is 0.462. The van der Waals surface area contributed by atoms with E-state index in [0.717, 1.165) is 24.3 Å². The molecule has 21 heavy (non-hydrogen) atoms. The highest BCUT2D eigenvalue weighted by Gasteiger charge is 2.17. The van der Waals surface area contributed by atoms with Crippen molar-refractivity contribution in [2.75, 3.05) is 18.9 Å². The number of thioether (sulfide) groups is 1. The van der Waals surface area contributed by atoms with Crippen LogP contribution in [0.5, 0.6) is 0 Å². The molecule has 1 atom stereocenters. The first-order chi connectivity index (χ1) is 10.3. The molecule has 8 heteroatoms. The molecule has 112 valence electrons. The first-order valence-electron chi connectivity index (χ1n) is 6.70. The summed E-state index contributed by atoms with van der Waals surface area (Å²) in [4.78, 5) is 12.7. The van der Waals surface area contributed by atoms with Gasteiger partial charge in [-0.3, -0.25) is 4.79 Å². The number of carbonyl (C=O) groups is 1. The molecule has 3 heterocycles. The van der Waals surface area contributed by atoms with Crippen LogP contribution in [-0.2, 0) is 9.53 Å². The van der Waals surface area contributed by atoms with Gasteiger partial charge in [-0.1, -0.05) is 17.8 Å². The molecule has 3 rings (SSSR count). The van der Waals surface area contributed by atoms with Gasteiger partial charge in [0.2, 0.25) is 5.91 Å². The summed E-state index contributed by atoms with van der Waals surface area (Å²) >= 11 is 2.78. The summed E-state index contributed by atoms with van der Waals surface area (Å²) in [7, 11) is 0. The van der Waals surface area contributed by atoms with Crippen molar-refractivity contribution >= 4 is 29.0 Å². The molecule has 2 aromatic heterocycles. The molecule has 1 aliphatic heterocycles. The fourth-order valence-corrected chi connectivity index (χ4v) is 3.22. The third kappa shape index (κ3) is 4.05. The molecular weight excluding hydrogens is 310 g/mol. The maximum atomic E-state index is 11.7. The maximum Gasteiger partial charge on any atom is 0.277 e. The van der Waals surface area contributed by atoms with Crippen LogP contribution in [-0.4, -0.2) is 41.1 Å². The van der Waals surface area contributed by atoms with Crippen molar-refractivity contribution in [2.45, 2.75) is 24.2 Å². The van der Waals surface area contributed by atoms with Gasteiger partial charge < -0.3 is 14.5 Å². The van der Waals surface area contributed by atoms with Crippen LogP contribution in [0.3, 0.4) is 0 Å². The smallest absolute Gasteiger partial charge is 0.277 e. The van der Waals surface area contributed by atoms with E-state index in [4.69, 9.17) is 9.15 Å². The lowest BCUT2D eigenvalue weighted by Gasteiger charge is -2.09. The van der Waals surface area contributed by atoms with Crippen LogP contribution in [0.4, 0.5) is 0 Å². The summed E-state index contributed by atoms with van der Waals surface area (Å²) in [5.41, 5.74) is 0. The normalized spacial score (nSPS) is 18.0. The molecule has 0 bridgehead atoms. The van der Waals surface area contributed by atoms with Crippen LogP contribution in [0.25, 0.3) is 10.8 Å². The number of hydrogen-bond acceptors (Lipinski definition) is 7. The van der Waals surface area contributed by atoms with Crippen molar-refractivity contribution in [3.05, 3.63) is 17.5 Å². The van der Waals surface area contributed by atoms with Crippen LogP contribution in [0.1, 0.15) is 12.8 Å². The lowest BCUT2D eigenvalue weighted by atomic mass is 10.2. The highest BCUT2D eigenvalue weighted by atomic mass is 32.2. The fourth-order valence-electron chi connectivity index (χ4n) is 1.98. The molecule has 0 aliphatic carbocycles. The molecule has 0 radical (unpaired) electrons. The number of hydrogen-bond donors (Lipinski definition) is 1. The summed E-state index contributed by atoms with van der Waals surface area (Å²) < 4.78 is 11.0. The van der Waals surface area contributed by atoms with Crippen LogP contribution in [0.2, 0.25) is 0 Å². The molecule has 1 unspecified atom stereocenters. The molecule has 1 fully saturated rings. The van der Waals surface area contributed by atoms with Gasteiger partial charge in [-0.25, -0.2) is 0 Å². The summed E-state index contributed by atoms with van der Waals surface area (Å²) in [5.74, 6) is 0.706. The van der Waals surface area contributed by atoms with Gasteiger partial charge in [-0.15, -0.1) is 21.5 Å². The minimum absolute atomic E-state index is 0.0497. The van der Waals surface area contributed by atoms with Crippen molar-refractivity contribution in [3.8, 4) is 10.8 Å². The predicted octanol–water partition coefficient (Wildman–Crippen LogP) is 2.19. The summed E-state index contributed by atoms with van der Waals surface area (Å²) in [6, 6.07) is 3.84. The average molecular weight is 325 g/mol. The Kier molecular flexibility index (Phi) is 4.89. The van der Waals surface area contributed by atoms with E-state index in [1.807, 2.05) is 17.5 Å². The molecule has 1 saturated heterocycles. The number of nitrogens with one attached hydrogen (secondary N) is 1. The Bertz CT molecular complexity index is 579. The summed E-state index contributed by atoms with van der Waals surface area (Å²) in [6.07, 6.45) is 2.25. The van der Waals surface area contributed by atoms with Gasteiger partial charge in [-0.05, 0) is 24.3 Å². The van der Waals surface area contributed by atoms with Crippen LogP contribution >= 0.6 is 23.1 Å². The van der Waals surface area contributed by atoms with Crippen LogP contribution < -0.4 is 5.32 Å². The molecule has 1 N–H and O–H groups in total. The van der Waals surface area contributed by atoms with E-state index in [1.54, 1.807) is 0 Å². The number of rotatable bonds is 6. The largest absolute Gasteiger partial charge is 0.410 e. The molecular formula is C13H15N3O3S2. The van der Waals surface area contributed by atoms with Gasteiger partial charge in [0.15, 0.2) is 0 Å². The van der Waals surface area contributed by atoms with E-state index >= 15 is 0 Å². The zero-order valence-electron chi connectivity index (χ0n) is 11.3. The molecule has 2 aromatic rings. The van der Waals surface area contributed by atoms with Crippen molar-refractivity contribution < 1.29 is 13.9 Å². The lowest BCUT2D eigenvalue weighted by molar-refractivity contribution is -0.119. The third-order valence-electron chi connectivity index (χ3n) is 3.02. The van der Waals surface area contributed by atoms with Gasteiger partial charge in [0.25, 0.3) is 11.1 Å². The summed E-state index contributed by atoms with van der Waals surface area (Å²) in [6.45, 7) is 1.37. The summed E-state index contributed by atoms with van der Waals surface area (Å²) in [5, 5.41) is 13.1. The minimum Gasteiger partial charge on any atom is -0.410 e. The SMILES string of the molecule is O=C(CSc1nnc(-c2cccs2)o1)NCC1CCCO1. The number of carbonyl (C=O) groups excluding carboxylic acids is 1. The highest BCUT2D eigenvalue weighted by Crippen LogP contribution is 2.26. The van der Waals surface area contributed by atoms with Crippen LogP contribution in [0.15, 0.2) is 27.2 Å². The molecule has 0 aromatic carbocycles. The van der Waals surface area contributed by atoms with Gasteiger partial charge >= 0.3 is 0 Å². The van der Waals surface area contributed by atoms with E-state index < -0.39 is 0 Å².